The van der Waals surface area contributed by atoms with Crippen LogP contribution in [0.2, 0.25) is 15.1 Å². The van der Waals surface area contributed by atoms with Gasteiger partial charge in [-0.05, 0) is 61.9 Å². The van der Waals surface area contributed by atoms with Crippen LogP contribution in [0.25, 0.3) is 0 Å². The van der Waals surface area contributed by atoms with E-state index in [9.17, 15) is 9.59 Å². The molecule has 1 saturated heterocycles. The van der Waals surface area contributed by atoms with Crippen molar-refractivity contribution in [2.45, 2.75) is 20.0 Å². The van der Waals surface area contributed by atoms with Crippen LogP contribution >= 0.6 is 34.8 Å². The average Bonchev–Trinajstić information content (AvgIpc) is 2.86. The van der Waals surface area contributed by atoms with E-state index in [2.05, 4.69) is 10.2 Å². The van der Waals surface area contributed by atoms with Gasteiger partial charge in [-0.2, -0.15) is 0 Å². The largest absolute Gasteiger partial charge is 0.479 e. The molecular weight excluding hydrogens is 521 g/mol. The number of aryl methyl sites for hydroxylation is 1. The molecule has 4 rings (SSSR count). The lowest BCUT2D eigenvalue weighted by Crippen LogP contribution is -2.49. The standard InChI is InChI=1S/C27H26Cl3N3O3/c1-17-5-3-4-6-21(17)27(35)33-13-11-32(12-14-33)24-9-8-20(16-22(24)29)31-26(34)18(2)36-25-10-7-19(28)15-23(25)30/h3-10,15-16,18H,11-14H2,1-2H3,(H,31,34). The number of hydrogen-bond acceptors (Lipinski definition) is 4. The molecule has 3 aromatic carbocycles. The minimum Gasteiger partial charge on any atom is -0.479 e. The van der Waals surface area contributed by atoms with Gasteiger partial charge in [0, 0.05) is 42.5 Å². The van der Waals surface area contributed by atoms with Gasteiger partial charge >= 0.3 is 0 Å². The summed E-state index contributed by atoms with van der Waals surface area (Å²) in [6.45, 7) is 6.11. The van der Waals surface area contributed by atoms with E-state index in [4.69, 9.17) is 39.5 Å². The van der Waals surface area contributed by atoms with Gasteiger partial charge in [-0.1, -0.05) is 53.0 Å². The SMILES string of the molecule is Cc1ccccc1C(=O)N1CCN(c2ccc(NC(=O)C(C)Oc3ccc(Cl)cc3Cl)cc2Cl)CC1. The highest BCUT2D eigenvalue weighted by Crippen LogP contribution is 2.31. The first-order chi connectivity index (χ1) is 17.2. The van der Waals surface area contributed by atoms with Crippen LogP contribution < -0.4 is 15.0 Å². The van der Waals surface area contributed by atoms with Crippen LogP contribution in [0.4, 0.5) is 11.4 Å². The molecule has 1 N–H and O–H groups in total. The predicted molar refractivity (Wildman–Crippen MR) is 146 cm³/mol. The number of rotatable bonds is 6. The smallest absolute Gasteiger partial charge is 0.265 e. The zero-order chi connectivity index (χ0) is 25.8. The maximum absolute atomic E-state index is 12.9. The van der Waals surface area contributed by atoms with Crippen molar-refractivity contribution in [1.82, 2.24) is 4.90 Å². The zero-order valence-corrected chi connectivity index (χ0v) is 22.2. The average molecular weight is 547 g/mol. The van der Waals surface area contributed by atoms with Crippen LogP contribution in [0.5, 0.6) is 5.75 Å². The zero-order valence-electron chi connectivity index (χ0n) is 19.9. The van der Waals surface area contributed by atoms with E-state index in [-0.39, 0.29) is 11.8 Å². The van der Waals surface area contributed by atoms with Crippen molar-refractivity contribution in [3.63, 3.8) is 0 Å². The predicted octanol–water partition coefficient (Wildman–Crippen LogP) is 6.32. The molecule has 9 heteroatoms. The monoisotopic (exact) mass is 545 g/mol. The number of hydrogen-bond donors (Lipinski definition) is 1. The summed E-state index contributed by atoms with van der Waals surface area (Å²) in [5, 5.41) is 4.15. The van der Waals surface area contributed by atoms with Gasteiger partial charge < -0.3 is 19.9 Å². The van der Waals surface area contributed by atoms with Gasteiger partial charge in [-0.25, -0.2) is 0 Å². The van der Waals surface area contributed by atoms with Gasteiger partial charge in [0.05, 0.1) is 15.7 Å². The number of piperazine rings is 1. The van der Waals surface area contributed by atoms with E-state index in [0.29, 0.717) is 52.7 Å². The number of nitrogens with one attached hydrogen (secondary N) is 1. The first-order valence-electron chi connectivity index (χ1n) is 11.5. The van der Waals surface area contributed by atoms with Gasteiger partial charge in [-0.15, -0.1) is 0 Å². The Morgan fingerprint density at radius 2 is 1.64 bits per heavy atom. The third kappa shape index (κ3) is 6.06. The molecular formula is C27H26Cl3N3O3. The van der Waals surface area contributed by atoms with E-state index in [1.807, 2.05) is 42.2 Å². The lowest BCUT2D eigenvalue weighted by molar-refractivity contribution is -0.122. The molecule has 1 aliphatic heterocycles. The lowest BCUT2D eigenvalue weighted by atomic mass is 10.1. The van der Waals surface area contributed by atoms with E-state index in [0.717, 1.165) is 16.8 Å². The second-order valence-electron chi connectivity index (χ2n) is 8.58. The Morgan fingerprint density at radius 3 is 2.31 bits per heavy atom. The van der Waals surface area contributed by atoms with E-state index < -0.39 is 6.10 Å². The quantitative estimate of drug-likeness (QED) is 0.393. The molecule has 2 amide bonds. The Kier molecular flexibility index (Phi) is 8.29. The molecule has 1 heterocycles. The molecule has 6 nitrogen and oxygen atoms in total. The van der Waals surface area contributed by atoms with Crippen LogP contribution in [0.1, 0.15) is 22.8 Å². The van der Waals surface area contributed by atoms with Crippen LogP contribution in [0, 0.1) is 6.92 Å². The van der Waals surface area contributed by atoms with E-state index in [1.54, 1.807) is 37.3 Å². The molecule has 36 heavy (non-hydrogen) atoms. The second kappa shape index (κ2) is 11.4. The van der Waals surface area contributed by atoms with Crippen molar-refractivity contribution in [2.24, 2.45) is 0 Å². The minimum atomic E-state index is -0.791. The summed E-state index contributed by atoms with van der Waals surface area (Å²) in [5.74, 6) is 0.0819. The highest BCUT2D eigenvalue weighted by Gasteiger charge is 2.24. The maximum Gasteiger partial charge on any atom is 0.265 e. The van der Waals surface area contributed by atoms with Crippen molar-refractivity contribution < 1.29 is 14.3 Å². The normalized spacial score (nSPS) is 14.4. The lowest BCUT2D eigenvalue weighted by Gasteiger charge is -2.36. The number of ether oxygens (including phenoxy) is 1. The highest BCUT2D eigenvalue weighted by atomic mass is 35.5. The molecule has 3 aromatic rings. The summed E-state index contributed by atoms with van der Waals surface area (Å²) >= 11 is 18.6. The first-order valence-corrected chi connectivity index (χ1v) is 12.7. The molecule has 188 valence electrons. The molecule has 1 fully saturated rings. The third-order valence-corrected chi connectivity index (χ3v) is 6.90. The van der Waals surface area contributed by atoms with Gasteiger partial charge in [0.2, 0.25) is 0 Å². The molecule has 1 atom stereocenters. The molecule has 0 radical (unpaired) electrons. The summed E-state index contributed by atoms with van der Waals surface area (Å²) in [6, 6.07) is 17.8. The minimum absolute atomic E-state index is 0.0492. The van der Waals surface area contributed by atoms with E-state index in [1.165, 1.54) is 0 Å². The molecule has 0 saturated carbocycles. The molecule has 0 aromatic heterocycles. The highest BCUT2D eigenvalue weighted by molar-refractivity contribution is 6.35. The van der Waals surface area contributed by atoms with Crippen molar-refractivity contribution >= 4 is 58.0 Å². The van der Waals surface area contributed by atoms with E-state index >= 15 is 0 Å². The van der Waals surface area contributed by atoms with Crippen molar-refractivity contribution in [2.75, 3.05) is 36.4 Å². The molecule has 1 aliphatic rings. The number of carbonyl (C=O) groups is 2. The fourth-order valence-electron chi connectivity index (χ4n) is 4.03. The van der Waals surface area contributed by atoms with Crippen LogP contribution in [-0.4, -0.2) is 49.0 Å². The molecule has 0 spiro atoms. The first kappa shape index (κ1) is 26.1. The van der Waals surface area contributed by atoms with Crippen LogP contribution in [-0.2, 0) is 4.79 Å². The third-order valence-electron chi connectivity index (χ3n) is 6.07. The Morgan fingerprint density at radius 1 is 0.917 bits per heavy atom. The topological polar surface area (TPSA) is 61.9 Å². The van der Waals surface area contributed by atoms with Gasteiger partial charge in [-0.3, -0.25) is 9.59 Å². The van der Waals surface area contributed by atoms with Crippen LogP contribution in [0.3, 0.4) is 0 Å². The summed E-state index contributed by atoms with van der Waals surface area (Å²) in [4.78, 5) is 29.6. The van der Waals surface area contributed by atoms with Gasteiger partial charge in [0.25, 0.3) is 11.8 Å². The Balaban J connectivity index is 1.34. The summed E-state index contributed by atoms with van der Waals surface area (Å²) in [6.07, 6.45) is -0.791. The second-order valence-corrected chi connectivity index (χ2v) is 9.84. The molecule has 1 unspecified atom stereocenters. The Bertz CT molecular complexity index is 1280. The number of amides is 2. The number of benzene rings is 3. The number of anilines is 2. The summed E-state index contributed by atoms with van der Waals surface area (Å²) in [7, 11) is 0. The van der Waals surface area contributed by atoms with Gasteiger partial charge in [0.1, 0.15) is 5.75 Å². The fraction of sp³-hybridized carbons (Fsp3) is 0.259. The van der Waals surface area contributed by atoms with Crippen molar-refractivity contribution in [3.05, 3.63) is 86.9 Å². The van der Waals surface area contributed by atoms with Crippen molar-refractivity contribution in [1.29, 1.82) is 0 Å². The van der Waals surface area contributed by atoms with Crippen molar-refractivity contribution in [3.8, 4) is 5.75 Å². The number of nitrogens with zero attached hydrogens (tertiary/aromatic N) is 2. The van der Waals surface area contributed by atoms with Crippen LogP contribution in [0.15, 0.2) is 60.7 Å². The fourth-order valence-corrected chi connectivity index (χ4v) is 4.79. The molecule has 0 aliphatic carbocycles. The Labute approximate surface area is 225 Å². The maximum atomic E-state index is 12.9. The Hall–Kier alpha value is -2.93. The number of halogens is 3. The number of carbonyl (C=O) groups excluding carboxylic acids is 2. The summed E-state index contributed by atoms with van der Waals surface area (Å²) in [5.41, 5.74) is 3.12. The summed E-state index contributed by atoms with van der Waals surface area (Å²) < 4.78 is 5.68. The van der Waals surface area contributed by atoms with Gasteiger partial charge in [0.15, 0.2) is 6.10 Å². The molecule has 0 bridgehead atoms.